The van der Waals surface area contributed by atoms with Crippen molar-refractivity contribution in [3.63, 3.8) is 0 Å². The van der Waals surface area contributed by atoms with Crippen molar-refractivity contribution in [2.45, 2.75) is 84.5 Å². The summed E-state index contributed by atoms with van der Waals surface area (Å²) in [5, 5.41) is 0. The van der Waals surface area contributed by atoms with Gasteiger partial charge in [0.25, 0.3) is 0 Å². The minimum Gasteiger partial charge on any atom is -0.0654 e. The first-order valence-electron chi connectivity index (χ1n) is 11.8. The maximum absolute atomic E-state index is 2.50. The van der Waals surface area contributed by atoms with Gasteiger partial charge in [0.1, 0.15) is 0 Å². The summed E-state index contributed by atoms with van der Waals surface area (Å²) in [6, 6.07) is 9.75. The third-order valence-electron chi connectivity index (χ3n) is 6.90. The van der Waals surface area contributed by atoms with Crippen LogP contribution in [0.3, 0.4) is 0 Å². The van der Waals surface area contributed by atoms with Crippen molar-refractivity contribution < 1.29 is 0 Å². The molecule has 1 atom stereocenters. The lowest BCUT2D eigenvalue weighted by atomic mass is 9.87. The van der Waals surface area contributed by atoms with E-state index < -0.39 is 0 Å². The first-order chi connectivity index (χ1) is 14.9. The molecular weight excluding hydrogens is 832 g/mol. The quantitative estimate of drug-likeness (QED) is 0.198. The molecule has 0 amide bonds. The molecular formula is C27H34I4. The third kappa shape index (κ3) is 7.94. The fourth-order valence-corrected chi connectivity index (χ4v) is 7.21. The molecule has 0 radical (unpaired) electrons. The molecule has 0 heterocycles. The van der Waals surface area contributed by atoms with Gasteiger partial charge in [0.05, 0.1) is 0 Å². The first kappa shape index (κ1) is 27.0. The number of rotatable bonds is 11. The lowest BCUT2D eigenvalue weighted by Crippen LogP contribution is -2.07. The molecule has 0 aliphatic heterocycles. The molecule has 31 heavy (non-hydrogen) atoms. The number of aryl methyl sites for hydroxylation is 2. The molecule has 0 bridgehead atoms. The highest BCUT2D eigenvalue weighted by Gasteiger charge is 2.22. The van der Waals surface area contributed by atoms with E-state index >= 15 is 0 Å². The van der Waals surface area contributed by atoms with Gasteiger partial charge in [-0.25, -0.2) is 0 Å². The molecule has 1 unspecified atom stereocenters. The molecule has 0 saturated carbocycles. The molecule has 0 nitrogen and oxygen atoms in total. The number of hydrogen-bond acceptors (Lipinski definition) is 0. The fraction of sp³-hybridized carbons (Fsp3) is 0.556. The van der Waals surface area contributed by atoms with E-state index in [0.717, 1.165) is 18.3 Å². The van der Waals surface area contributed by atoms with Gasteiger partial charge in [0, 0.05) is 14.3 Å². The predicted octanol–water partition coefficient (Wildman–Crippen LogP) is 9.99. The second-order valence-corrected chi connectivity index (χ2v) is 13.8. The van der Waals surface area contributed by atoms with Crippen LogP contribution in [-0.4, -0.2) is 0 Å². The Bertz CT molecular complexity index is 843. The topological polar surface area (TPSA) is 0 Å². The highest BCUT2D eigenvalue weighted by atomic mass is 127. The normalized spacial score (nSPS) is 14.8. The summed E-state index contributed by atoms with van der Waals surface area (Å²) in [4.78, 5) is 0. The van der Waals surface area contributed by atoms with Crippen molar-refractivity contribution >= 4 is 90.4 Å². The molecule has 0 spiro atoms. The van der Waals surface area contributed by atoms with E-state index in [9.17, 15) is 0 Å². The Kier molecular flexibility index (Phi) is 11.7. The van der Waals surface area contributed by atoms with Crippen LogP contribution in [0.1, 0.15) is 81.0 Å². The lowest BCUT2D eigenvalue weighted by Gasteiger charge is -2.19. The average Bonchev–Trinajstić information content (AvgIpc) is 3.13. The van der Waals surface area contributed by atoms with Gasteiger partial charge in [0.2, 0.25) is 0 Å². The van der Waals surface area contributed by atoms with E-state index in [1.54, 1.807) is 22.3 Å². The molecule has 0 aromatic heterocycles. The van der Waals surface area contributed by atoms with Gasteiger partial charge >= 0.3 is 0 Å². The third-order valence-corrected chi connectivity index (χ3v) is 12.5. The Morgan fingerprint density at radius 1 is 0.742 bits per heavy atom. The Labute approximate surface area is 244 Å². The molecule has 0 saturated heterocycles. The van der Waals surface area contributed by atoms with E-state index in [0.29, 0.717) is 0 Å². The number of fused-ring (bicyclic) bond motifs is 1. The summed E-state index contributed by atoms with van der Waals surface area (Å²) in [5.41, 5.74) is 6.41. The van der Waals surface area contributed by atoms with E-state index in [1.165, 1.54) is 78.5 Å². The van der Waals surface area contributed by atoms with Crippen LogP contribution in [0.5, 0.6) is 0 Å². The Morgan fingerprint density at radius 3 is 1.87 bits per heavy atom. The van der Waals surface area contributed by atoms with E-state index in [-0.39, 0.29) is 0 Å². The van der Waals surface area contributed by atoms with Crippen LogP contribution >= 0.6 is 90.4 Å². The molecule has 2 aromatic carbocycles. The molecule has 3 rings (SSSR count). The second kappa shape index (κ2) is 13.4. The molecule has 2 aromatic rings. The zero-order valence-electron chi connectivity index (χ0n) is 18.8. The minimum absolute atomic E-state index is 0.875. The Balaban J connectivity index is 1.52. The summed E-state index contributed by atoms with van der Waals surface area (Å²) >= 11 is 9.96. The van der Waals surface area contributed by atoms with Gasteiger partial charge in [-0.3, -0.25) is 0 Å². The zero-order chi connectivity index (χ0) is 22.4. The van der Waals surface area contributed by atoms with Gasteiger partial charge in [-0.1, -0.05) is 46.0 Å². The number of hydrogen-bond donors (Lipinski definition) is 0. The minimum atomic E-state index is 0.875. The first-order valence-corrected chi connectivity index (χ1v) is 16.2. The average molecular weight is 866 g/mol. The highest BCUT2D eigenvalue weighted by Crippen LogP contribution is 2.34. The summed E-state index contributed by atoms with van der Waals surface area (Å²) in [6.45, 7) is 4.64. The van der Waals surface area contributed by atoms with Crippen LogP contribution < -0.4 is 0 Å². The predicted molar refractivity (Wildman–Crippen MR) is 169 cm³/mol. The van der Waals surface area contributed by atoms with Crippen LogP contribution in [0.4, 0.5) is 0 Å². The van der Waals surface area contributed by atoms with Crippen molar-refractivity contribution in [1.82, 2.24) is 0 Å². The standard InChI is InChI=1S/C27H34I4/c1-3-5-7-18(10-11-21-15-25(29)24(28)14-20(21)4-2)8-6-9-19-12-22-16-26(30)27(31)17-23(22)13-19/h14-19H,3-13H2,1-2H3. The van der Waals surface area contributed by atoms with Crippen LogP contribution in [0.25, 0.3) is 0 Å². The van der Waals surface area contributed by atoms with Crippen LogP contribution in [0.2, 0.25) is 0 Å². The van der Waals surface area contributed by atoms with Crippen LogP contribution in [0, 0.1) is 26.1 Å². The smallest absolute Gasteiger partial charge is 0.0266 e. The molecule has 0 N–H and O–H groups in total. The van der Waals surface area contributed by atoms with E-state index in [1.807, 2.05) is 0 Å². The van der Waals surface area contributed by atoms with Crippen molar-refractivity contribution in [3.8, 4) is 0 Å². The Hall–Kier alpha value is 1.36. The summed E-state index contributed by atoms with van der Waals surface area (Å²) in [7, 11) is 0. The molecule has 170 valence electrons. The van der Waals surface area contributed by atoms with Crippen LogP contribution in [0.15, 0.2) is 24.3 Å². The van der Waals surface area contributed by atoms with Crippen molar-refractivity contribution in [2.75, 3.05) is 0 Å². The highest BCUT2D eigenvalue weighted by molar-refractivity contribution is 14.1. The molecule has 1 aliphatic carbocycles. The van der Waals surface area contributed by atoms with Gasteiger partial charge in [-0.2, -0.15) is 0 Å². The molecule has 4 heteroatoms. The maximum atomic E-state index is 2.50. The summed E-state index contributed by atoms with van der Waals surface area (Å²) in [5.74, 6) is 1.77. The second-order valence-electron chi connectivity index (χ2n) is 9.18. The summed E-state index contributed by atoms with van der Waals surface area (Å²) in [6.07, 6.45) is 14.8. The van der Waals surface area contributed by atoms with E-state index in [4.69, 9.17) is 0 Å². The molecule has 0 fully saturated rings. The van der Waals surface area contributed by atoms with Gasteiger partial charge in [-0.05, 0) is 187 Å². The SMILES string of the molecule is CCCCC(CCCC1Cc2cc(I)c(I)cc2C1)CCc1cc(I)c(I)cc1CC. The zero-order valence-corrected chi connectivity index (χ0v) is 27.4. The van der Waals surface area contributed by atoms with Gasteiger partial charge < -0.3 is 0 Å². The number of benzene rings is 2. The molecule has 1 aliphatic rings. The van der Waals surface area contributed by atoms with Crippen molar-refractivity contribution in [3.05, 3.63) is 60.8 Å². The summed E-state index contributed by atoms with van der Waals surface area (Å²) < 4.78 is 5.67. The Morgan fingerprint density at radius 2 is 1.29 bits per heavy atom. The monoisotopic (exact) mass is 866 g/mol. The number of unbranched alkanes of at least 4 members (excludes halogenated alkanes) is 1. The fourth-order valence-electron chi connectivity index (χ4n) is 5.08. The lowest BCUT2D eigenvalue weighted by molar-refractivity contribution is 0.368. The van der Waals surface area contributed by atoms with Crippen molar-refractivity contribution in [2.24, 2.45) is 11.8 Å². The van der Waals surface area contributed by atoms with Gasteiger partial charge in [0.15, 0.2) is 0 Å². The number of halogens is 4. The largest absolute Gasteiger partial charge is 0.0654 e. The van der Waals surface area contributed by atoms with Crippen LogP contribution in [-0.2, 0) is 25.7 Å². The maximum Gasteiger partial charge on any atom is 0.0266 e. The van der Waals surface area contributed by atoms with E-state index in [2.05, 4.69) is 128 Å². The van der Waals surface area contributed by atoms with Gasteiger partial charge in [-0.15, -0.1) is 0 Å². The van der Waals surface area contributed by atoms with Crippen molar-refractivity contribution in [1.29, 1.82) is 0 Å².